The molecule has 0 aliphatic carbocycles. The zero-order valence-corrected chi connectivity index (χ0v) is 11.9. The summed E-state index contributed by atoms with van der Waals surface area (Å²) in [5.74, 6) is -1.11. The number of aromatic nitrogens is 2. The van der Waals surface area contributed by atoms with E-state index in [1.54, 1.807) is 4.68 Å². The summed E-state index contributed by atoms with van der Waals surface area (Å²) in [4.78, 5) is 11.9. The molecular formula is C10H8BrClN2O2S. The summed E-state index contributed by atoms with van der Waals surface area (Å²) in [5, 5.41) is 15.1. The number of nitrogens with zero attached hydrogens (tertiary/aromatic N) is 2. The first-order chi connectivity index (χ1) is 8.04. The summed E-state index contributed by atoms with van der Waals surface area (Å²) in [6.07, 6.45) is 0. The number of halogens is 2. The van der Waals surface area contributed by atoms with Gasteiger partial charge in [0.1, 0.15) is 5.02 Å². The van der Waals surface area contributed by atoms with Crippen LogP contribution in [0.1, 0.15) is 17.4 Å². The molecular weight excluding hydrogens is 328 g/mol. The van der Waals surface area contributed by atoms with Gasteiger partial charge in [-0.1, -0.05) is 11.6 Å². The standard InChI is InChI=1S/C10H8BrClN2O2S/c1-2-14-9(6-3-5(11)4-17-6)7(12)8(13-14)10(15)16/h3-4H,2H2,1H3,(H,15,16). The fourth-order valence-corrected chi connectivity index (χ4v) is 3.33. The first kappa shape index (κ1) is 12.6. The number of aromatic carboxylic acids is 1. The van der Waals surface area contributed by atoms with Gasteiger partial charge >= 0.3 is 5.97 Å². The van der Waals surface area contributed by atoms with E-state index in [0.717, 1.165) is 9.35 Å². The summed E-state index contributed by atoms with van der Waals surface area (Å²) in [7, 11) is 0. The van der Waals surface area contributed by atoms with Gasteiger partial charge in [-0.3, -0.25) is 4.68 Å². The zero-order valence-electron chi connectivity index (χ0n) is 8.78. The number of aryl methyl sites for hydroxylation is 1. The third-order valence-corrected chi connectivity index (χ3v) is 4.25. The van der Waals surface area contributed by atoms with Gasteiger partial charge < -0.3 is 5.11 Å². The molecule has 0 atom stereocenters. The number of rotatable bonds is 3. The van der Waals surface area contributed by atoms with E-state index in [4.69, 9.17) is 16.7 Å². The predicted molar refractivity (Wildman–Crippen MR) is 70.9 cm³/mol. The van der Waals surface area contributed by atoms with E-state index in [1.165, 1.54) is 11.3 Å². The zero-order chi connectivity index (χ0) is 12.6. The predicted octanol–water partition coefficient (Wildman–Crippen LogP) is 3.75. The minimum absolute atomic E-state index is 0.104. The van der Waals surface area contributed by atoms with Crippen LogP contribution in [-0.2, 0) is 6.54 Å². The molecule has 7 heteroatoms. The van der Waals surface area contributed by atoms with Gasteiger partial charge in [-0.05, 0) is 28.9 Å². The Hall–Kier alpha value is -0.850. The second-order valence-electron chi connectivity index (χ2n) is 3.26. The molecule has 0 unspecified atom stereocenters. The summed E-state index contributed by atoms with van der Waals surface area (Å²) >= 11 is 10.9. The van der Waals surface area contributed by atoms with Crippen molar-refractivity contribution in [3.8, 4) is 10.6 Å². The molecule has 0 saturated carbocycles. The summed E-state index contributed by atoms with van der Waals surface area (Å²) < 4.78 is 2.54. The molecule has 17 heavy (non-hydrogen) atoms. The van der Waals surface area contributed by atoms with Crippen molar-refractivity contribution in [1.82, 2.24) is 9.78 Å². The third kappa shape index (κ3) is 2.25. The molecule has 2 rings (SSSR count). The van der Waals surface area contributed by atoms with Crippen LogP contribution < -0.4 is 0 Å². The van der Waals surface area contributed by atoms with Gasteiger partial charge in [0.2, 0.25) is 0 Å². The van der Waals surface area contributed by atoms with Gasteiger partial charge in [-0.2, -0.15) is 5.10 Å². The van der Waals surface area contributed by atoms with E-state index in [0.29, 0.717) is 12.2 Å². The molecule has 0 spiro atoms. The Morgan fingerprint density at radius 1 is 1.71 bits per heavy atom. The van der Waals surface area contributed by atoms with Gasteiger partial charge in [0.15, 0.2) is 5.69 Å². The van der Waals surface area contributed by atoms with Gasteiger partial charge in [-0.25, -0.2) is 4.79 Å². The van der Waals surface area contributed by atoms with Crippen LogP contribution >= 0.6 is 38.9 Å². The molecule has 2 aromatic rings. The van der Waals surface area contributed by atoms with Crippen molar-refractivity contribution in [2.24, 2.45) is 0 Å². The SMILES string of the molecule is CCn1nc(C(=O)O)c(Cl)c1-c1cc(Br)cs1. The second kappa shape index (κ2) is 4.80. The maximum Gasteiger partial charge on any atom is 0.358 e. The lowest BCUT2D eigenvalue weighted by Gasteiger charge is -2.01. The van der Waals surface area contributed by atoms with Gasteiger partial charge in [0, 0.05) is 16.4 Å². The smallest absolute Gasteiger partial charge is 0.358 e. The number of hydrogen-bond acceptors (Lipinski definition) is 3. The van der Waals surface area contributed by atoms with Crippen molar-refractivity contribution in [3.63, 3.8) is 0 Å². The largest absolute Gasteiger partial charge is 0.476 e. The molecule has 4 nitrogen and oxygen atoms in total. The van der Waals surface area contributed by atoms with Crippen molar-refractivity contribution in [2.75, 3.05) is 0 Å². The number of hydrogen-bond donors (Lipinski definition) is 1. The number of carboxylic acids is 1. The minimum atomic E-state index is -1.11. The van der Waals surface area contributed by atoms with E-state index < -0.39 is 5.97 Å². The molecule has 0 saturated heterocycles. The Labute approximate surface area is 115 Å². The van der Waals surface area contributed by atoms with E-state index in [-0.39, 0.29) is 10.7 Å². The van der Waals surface area contributed by atoms with Crippen LogP contribution in [-0.4, -0.2) is 20.9 Å². The van der Waals surface area contributed by atoms with Crippen molar-refractivity contribution >= 4 is 44.8 Å². The molecule has 1 N–H and O–H groups in total. The first-order valence-electron chi connectivity index (χ1n) is 4.78. The average Bonchev–Trinajstić information content (AvgIpc) is 2.81. The molecule has 0 fully saturated rings. The topological polar surface area (TPSA) is 55.1 Å². The number of carboxylic acid groups (broad SMARTS) is 1. The maximum absolute atomic E-state index is 11.0. The van der Waals surface area contributed by atoms with Crippen molar-refractivity contribution in [2.45, 2.75) is 13.5 Å². The van der Waals surface area contributed by atoms with Crippen molar-refractivity contribution in [3.05, 3.63) is 26.6 Å². The van der Waals surface area contributed by atoms with Gasteiger partial charge in [0.25, 0.3) is 0 Å². The van der Waals surface area contributed by atoms with E-state index in [1.807, 2.05) is 18.4 Å². The van der Waals surface area contributed by atoms with Crippen molar-refractivity contribution in [1.29, 1.82) is 0 Å². The monoisotopic (exact) mass is 334 g/mol. The highest BCUT2D eigenvalue weighted by Crippen LogP contribution is 2.36. The van der Waals surface area contributed by atoms with Gasteiger partial charge in [0.05, 0.1) is 10.6 Å². The molecule has 90 valence electrons. The van der Waals surface area contributed by atoms with Crippen LogP contribution in [0.25, 0.3) is 10.6 Å². The van der Waals surface area contributed by atoms with Crippen LogP contribution in [0.2, 0.25) is 5.02 Å². The Morgan fingerprint density at radius 2 is 2.41 bits per heavy atom. The highest BCUT2D eigenvalue weighted by Gasteiger charge is 2.22. The summed E-state index contributed by atoms with van der Waals surface area (Å²) in [6, 6.07) is 1.89. The Bertz CT molecular complexity index is 579. The first-order valence-corrected chi connectivity index (χ1v) is 6.83. The molecule has 0 amide bonds. The quantitative estimate of drug-likeness (QED) is 0.929. The van der Waals surface area contributed by atoms with Crippen LogP contribution in [0, 0.1) is 0 Å². The Kier molecular flexibility index (Phi) is 3.56. The van der Waals surface area contributed by atoms with Gasteiger partial charge in [-0.15, -0.1) is 11.3 Å². The van der Waals surface area contributed by atoms with Crippen molar-refractivity contribution < 1.29 is 9.90 Å². The Balaban J connectivity index is 2.63. The third-order valence-electron chi connectivity index (χ3n) is 2.20. The molecule has 2 aromatic heterocycles. The highest BCUT2D eigenvalue weighted by molar-refractivity contribution is 9.10. The van der Waals surface area contributed by atoms with Crippen LogP contribution in [0.3, 0.4) is 0 Å². The van der Waals surface area contributed by atoms with Crippen LogP contribution in [0.5, 0.6) is 0 Å². The molecule has 0 aliphatic heterocycles. The normalized spacial score (nSPS) is 10.8. The summed E-state index contributed by atoms with van der Waals surface area (Å²) in [5.41, 5.74) is 0.551. The molecule has 0 bridgehead atoms. The molecule has 0 radical (unpaired) electrons. The van der Waals surface area contributed by atoms with E-state index in [2.05, 4.69) is 21.0 Å². The van der Waals surface area contributed by atoms with Crippen LogP contribution in [0.4, 0.5) is 0 Å². The average molecular weight is 336 g/mol. The highest BCUT2D eigenvalue weighted by atomic mass is 79.9. The summed E-state index contributed by atoms with van der Waals surface area (Å²) in [6.45, 7) is 2.46. The fraction of sp³-hybridized carbons (Fsp3) is 0.200. The lowest BCUT2D eigenvalue weighted by atomic mass is 10.3. The molecule has 0 aromatic carbocycles. The van der Waals surface area contributed by atoms with Crippen LogP contribution in [0.15, 0.2) is 15.9 Å². The Morgan fingerprint density at radius 3 is 2.88 bits per heavy atom. The second-order valence-corrected chi connectivity index (χ2v) is 5.47. The lowest BCUT2D eigenvalue weighted by Crippen LogP contribution is -2.02. The maximum atomic E-state index is 11.0. The molecule has 0 aliphatic rings. The lowest BCUT2D eigenvalue weighted by molar-refractivity contribution is 0.0689. The number of thiophene rings is 1. The fourth-order valence-electron chi connectivity index (χ4n) is 1.48. The van der Waals surface area contributed by atoms with E-state index in [9.17, 15) is 4.79 Å². The molecule has 2 heterocycles. The minimum Gasteiger partial charge on any atom is -0.476 e. The van der Waals surface area contributed by atoms with E-state index >= 15 is 0 Å². The number of carbonyl (C=O) groups is 1.